The first-order valence-electron chi connectivity index (χ1n) is 9.75. The molecule has 0 aliphatic carbocycles. The van der Waals surface area contributed by atoms with Crippen LogP contribution in [0, 0.1) is 5.82 Å². The molecule has 3 aromatic rings. The number of anilines is 2. The molecule has 32 heavy (non-hydrogen) atoms. The largest absolute Gasteiger partial charge is 0.444 e. The predicted octanol–water partition coefficient (Wildman–Crippen LogP) is 5.08. The zero-order valence-electron chi connectivity index (χ0n) is 18.0. The number of benzene rings is 1. The number of hydrogen-bond acceptors (Lipinski definition) is 9. The second kappa shape index (κ2) is 10.1. The van der Waals surface area contributed by atoms with Crippen LogP contribution >= 0.6 is 34.7 Å². The molecule has 0 radical (unpaired) electrons. The summed E-state index contributed by atoms with van der Waals surface area (Å²) in [5, 5.41) is 6.83. The van der Waals surface area contributed by atoms with Crippen LogP contribution in [0.15, 0.2) is 23.4 Å². The van der Waals surface area contributed by atoms with Gasteiger partial charge in [0, 0.05) is 18.3 Å². The molecule has 172 valence electrons. The van der Waals surface area contributed by atoms with E-state index in [1.165, 1.54) is 29.2 Å². The highest BCUT2D eigenvalue weighted by Crippen LogP contribution is 2.32. The highest BCUT2D eigenvalue weighted by atomic mass is 35.5. The molecule has 2 heterocycles. The number of thiazole rings is 1. The Morgan fingerprint density at radius 2 is 2.09 bits per heavy atom. The lowest BCUT2D eigenvalue weighted by atomic mass is 10.2. The third-order valence-corrected chi connectivity index (χ3v) is 6.04. The lowest BCUT2D eigenvalue weighted by Gasteiger charge is -2.21. The van der Waals surface area contributed by atoms with E-state index in [0.717, 1.165) is 0 Å². The average Bonchev–Trinajstić information content (AvgIpc) is 3.07. The predicted molar refractivity (Wildman–Crippen MR) is 128 cm³/mol. The van der Waals surface area contributed by atoms with Gasteiger partial charge in [0.1, 0.15) is 16.1 Å². The smallest absolute Gasteiger partial charge is 0.407 e. The molecule has 0 saturated carbocycles. The molecule has 0 fully saturated rings. The summed E-state index contributed by atoms with van der Waals surface area (Å²) in [6.07, 6.45) is -0.499. The molecule has 0 spiro atoms. The van der Waals surface area contributed by atoms with Crippen molar-refractivity contribution in [1.82, 2.24) is 20.3 Å². The Labute approximate surface area is 198 Å². The number of nitrogens with zero attached hydrogens (tertiary/aromatic N) is 3. The summed E-state index contributed by atoms with van der Waals surface area (Å²) in [7, 11) is 0. The summed E-state index contributed by atoms with van der Waals surface area (Å²) >= 11 is 8.38. The maximum absolute atomic E-state index is 14.2. The fraction of sp³-hybridized carbons (Fsp3) is 0.400. The SMILES string of the molecule is C[C@H](CNC(=O)OC(C)(C)C)Nc1nc(SCc2cccc(Cl)c2F)nc2nc(N)sc12. The first kappa shape index (κ1) is 24.3. The fourth-order valence-electron chi connectivity index (χ4n) is 2.62. The molecule has 1 aromatic carbocycles. The minimum atomic E-state index is -0.575. The first-order chi connectivity index (χ1) is 15.0. The standard InChI is InChI=1S/C20H24ClFN6O2S2/c1-10(8-24-19(29)30-20(2,3)4)25-15-14-16(26-17(23)32-14)28-18(27-15)31-9-11-6-5-7-12(21)13(11)22/h5-7,10H,8-9H2,1-4H3,(H,24,29)(H3,23,25,26,27,28)/t10-/m1/s1. The van der Waals surface area contributed by atoms with Crippen LogP contribution in [-0.2, 0) is 10.5 Å². The number of carbonyl (C=O) groups excluding carboxylic acids is 1. The number of nitrogens with one attached hydrogen (secondary N) is 2. The second-order valence-corrected chi connectivity index (χ2v) is 10.4. The highest BCUT2D eigenvalue weighted by molar-refractivity contribution is 7.98. The molecule has 1 amide bonds. The van der Waals surface area contributed by atoms with E-state index in [0.29, 0.717) is 44.3 Å². The van der Waals surface area contributed by atoms with Crippen LogP contribution in [0.4, 0.5) is 20.1 Å². The lowest BCUT2D eigenvalue weighted by Crippen LogP contribution is -2.38. The maximum atomic E-state index is 14.2. The van der Waals surface area contributed by atoms with E-state index in [-0.39, 0.29) is 11.1 Å². The van der Waals surface area contributed by atoms with Crippen LogP contribution in [0.1, 0.15) is 33.3 Å². The van der Waals surface area contributed by atoms with Crippen molar-refractivity contribution in [2.75, 3.05) is 17.6 Å². The van der Waals surface area contributed by atoms with Crippen LogP contribution in [0.3, 0.4) is 0 Å². The van der Waals surface area contributed by atoms with Gasteiger partial charge in [-0.2, -0.15) is 0 Å². The highest BCUT2D eigenvalue weighted by Gasteiger charge is 2.18. The van der Waals surface area contributed by atoms with Crippen LogP contribution in [-0.4, -0.2) is 39.2 Å². The van der Waals surface area contributed by atoms with Gasteiger partial charge in [-0.05, 0) is 39.3 Å². The van der Waals surface area contributed by atoms with Gasteiger partial charge in [-0.3, -0.25) is 0 Å². The zero-order chi connectivity index (χ0) is 23.5. The van der Waals surface area contributed by atoms with Gasteiger partial charge in [-0.15, -0.1) is 0 Å². The number of aromatic nitrogens is 3. The van der Waals surface area contributed by atoms with Gasteiger partial charge in [-0.25, -0.2) is 24.1 Å². The van der Waals surface area contributed by atoms with Crippen molar-refractivity contribution in [3.05, 3.63) is 34.6 Å². The van der Waals surface area contributed by atoms with Crippen LogP contribution in [0.2, 0.25) is 5.02 Å². The van der Waals surface area contributed by atoms with Crippen molar-refractivity contribution in [2.24, 2.45) is 0 Å². The Balaban J connectivity index is 1.73. The number of amides is 1. The monoisotopic (exact) mass is 498 g/mol. The van der Waals surface area contributed by atoms with Gasteiger partial charge in [0.25, 0.3) is 0 Å². The molecule has 4 N–H and O–H groups in total. The number of hydrogen-bond donors (Lipinski definition) is 3. The maximum Gasteiger partial charge on any atom is 0.407 e. The normalized spacial score (nSPS) is 12.6. The molecule has 0 saturated heterocycles. The Morgan fingerprint density at radius 3 is 2.81 bits per heavy atom. The molecule has 2 aromatic heterocycles. The molecule has 0 unspecified atom stereocenters. The zero-order valence-corrected chi connectivity index (χ0v) is 20.4. The molecule has 12 heteroatoms. The lowest BCUT2D eigenvalue weighted by molar-refractivity contribution is 0.0526. The molecule has 0 bridgehead atoms. The molecule has 1 atom stereocenters. The third-order valence-electron chi connectivity index (χ3n) is 3.97. The first-order valence-corrected chi connectivity index (χ1v) is 11.9. The van der Waals surface area contributed by atoms with E-state index < -0.39 is 17.5 Å². The van der Waals surface area contributed by atoms with E-state index in [1.54, 1.807) is 32.9 Å². The number of ether oxygens (including phenoxy) is 1. The van der Waals surface area contributed by atoms with E-state index >= 15 is 0 Å². The Hall–Kier alpha value is -2.37. The quantitative estimate of drug-likeness (QED) is 0.305. The number of thioether (sulfide) groups is 1. The fourth-order valence-corrected chi connectivity index (χ4v) is 4.35. The summed E-state index contributed by atoms with van der Waals surface area (Å²) < 4.78 is 20.1. The van der Waals surface area contributed by atoms with Gasteiger partial charge < -0.3 is 21.1 Å². The number of alkyl carbamates (subject to hydrolysis) is 1. The molecule has 0 aliphatic rings. The minimum absolute atomic E-state index is 0.0698. The van der Waals surface area contributed by atoms with Gasteiger partial charge in [0.15, 0.2) is 21.8 Å². The summed E-state index contributed by atoms with van der Waals surface area (Å²) in [6, 6.07) is 4.68. The van der Waals surface area contributed by atoms with E-state index in [9.17, 15) is 9.18 Å². The summed E-state index contributed by atoms with van der Waals surface area (Å²) in [5.74, 6) is 0.379. The van der Waals surface area contributed by atoms with Crippen molar-refractivity contribution < 1.29 is 13.9 Å². The Bertz CT molecular complexity index is 1120. The van der Waals surface area contributed by atoms with Crippen LogP contribution in [0.25, 0.3) is 10.3 Å². The van der Waals surface area contributed by atoms with Crippen molar-refractivity contribution in [1.29, 1.82) is 0 Å². The number of nitrogens with two attached hydrogens (primary N) is 1. The number of carbonyl (C=O) groups is 1. The summed E-state index contributed by atoms with van der Waals surface area (Å²) in [6.45, 7) is 7.60. The van der Waals surface area contributed by atoms with Crippen molar-refractivity contribution >= 4 is 62.1 Å². The van der Waals surface area contributed by atoms with Crippen LogP contribution in [0.5, 0.6) is 0 Å². The Morgan fingerprint density at radius 1 is 1.34 bits per heavy atom. The van der Waals surface area contributed by atoms with E-state index in [2.05, 4.69) is 25.6 Å². The topological polar surface area (TPSA) is 115 Å². The van der Waals surface area contributed by atoms with Gasteiger partial charge >= 0.3 is 6.09 Å². The van der Waals surface area contributed by atoms with E-state index in [1.807, 2.05) is 6.92 Å². The number of halogens is 2. The van der Waals surface area contributed by atoms with E-state index in [4.69, 9.17) is 22.1 Å². The summed E-state index contributed by atoms with van der Waals surface area (Å²) in [4.78, 5) is 25.1. The summed E-state index contributed by atoms with van der Waals surface area (Å²) in [5.41, 5.74) is 6.19. The molecular formula is C20H24ClFN6O2S2. The number of rotatable bonds is 7. The molecule has 8 nitrogen and oxygen atoms in total. The number of nitrogen functional groups attached to an aromatic ring is 1. The van der Waals surface area contributed by atoms with Gasteiger partial charge in [0.05, 0.1) is 5.02 Å². The van der Waals surface area contributed by atoms with Crippen LogP contribution < -0.4 is 16.4 Å². The second-order valence-electron chi connectivity index (χ2n) is 7.99. The van der Waals surface area contributed by atoms with Gasteiger partial charge in [-0.1, -0.05) is 46.8 Å². The minimum Gasteiger partial charge on any atom is -0.444 e. The van der Waals surface area contributed by atoms with Crippen molar-refractivity contribution in [2.45, 2.75) is 50.2 Å². The Kier molecular flexibility index (Phi) is 7.63. The van der Waals surface area contributed by atoms with Crippen molar-refractivity contribution in [3.63, 3.8) is 0 Å². The van der Waals surface area contributed by atoms with Crippen molar-refractivity contribution in [3.8, 4) is 0 Å². The molecule has 3 rings (SSSR count). The third kappa shape index (κ3) is 6.57. The van der Waals surface area contributed by atoms with Gasteiger partial charge in [0.2, 0.25) is 0 Å². The number of fused-ring (bicyclic) bond motifs is 1. The average molecular weight is 499 g/mol. The molecular weight excluding hydrogens is 475 g/mol. The molecule has 0 aliphatic heterocycles.